The monoisotopic (exact) mass is 284 g/mol. The van der Waals surface area contributed by atoms with Crippen LogP contribution in [0.25, 0.3) is 0 Å². The van der Waals surface area contributed by atoms with E-state index in [-0.39, 0.29) is 6.04 Å². The molecule has 21 heavy (non-hydrogen) atoms. The Morgan fingerprint density at radius 1 is 1.10 bits per heavy atom. The van der Waals surface area contributed by atoms with Crippen molar-refractivity contribution in [3.63, 3.8) is 0 Å². The van der Waals surface area contributed by atoms with Crippen LogP contribution in [0, 0.1) is 6.92 Å². The van der Waals surface area contributed by atoms with Crippen molar-refractivity contribution >= 4 is 5.69 Å². The molecule has 1 saturated heterocycles. The fourth-order valence-electron chi connectivity index (χ4n) is 2.86. The summed E-state index contributed by atoms with van der Waals surface area (Å²) in [6.45, 7) is 7.38. The van der Waals surface area contributed by atoms with E-state index in [2.05, 4.69) is 41.4 Å². The lowest BCUT2D eigenvalue weighted by Crippen LogP contribution is -2.19. The molecule has 3 rings (SSSR count). The van der Waals surface area contributed by atoms with Crippen LogP contribution in [0.1, 0.15) is 42.9 Å². The third kappa shape index (κ3) is 3.48. The molecule has 1 aromatic carbocycles. The number of furan rings is 1. The Balaban J connectivity index is 1.55. The normalized spacial score (nSPS) is 16.4. The first-order valence-electron chi connectivity index (χ1n) is 7.86. The lowest BCUT2D eigenvalue weighted by atomic mass is 10.1. The fourth-order valence-corrected chi connectivity index (χ4v) is 2.86. The van der Waals surface area contributed by atoms with Crippen molar-refractivity contribution in [3.05, 3.63) is 53.5 Å². The minimum absolute atomic E-state index is 0.233. The van der Waals surface area contributed by atoms with Gasteiger partial charge in [0.1, 0.15) is 11.5 Å². The predicted molar refractivity (Wildman–Crippen MR) is 86.6 cm³/mol. The molecule has 0 amide bonds. The number of hydrogen-bond acceptors (Lipinski definition) is 3. The van der Waals surface area contributed by atoms with E-state index in [9.17, 15) is 0 Å². The lowest BCUT2D eigenvalue weighted by Gasteiger charge is -2.18. The van der Waals surface area contributed by atoms with Crippen LogP contribution in [0.4, 0.5) is 5.69 Å². The summed E-state index contributed by atoms with van der Waals surface area (Å²) < 4.78 is 5.65. The number of nitrogens with zero attached hydrogens (tertiary/aromatic N) is 1. The van der Waals surface area contributed by atoms with Crippen molar-refractivity contribution < 1.29 is 4.42 Å². The Labute approximate surface area is 127 Å². The molecule has 0 spiro atoms. The van der Waals surface area contributed by atoms with Crippen molar-refractivity contribution in [2.75, 3.05) is 18.0 Å². The molecular formula is C18H24N2O. The molecule has 0 radical (unpaired) electrons. The maximum Gasteiger partial charge on any atom is 0.120 e. The van der Waals surface area contributed by atoms with Crippen LogP contribution in [0.15, 0.2) is 40.8 Å². The van der Waals surface area contributed by atoms with E-state index in [1.807, 2.05) is 19.1 Å². The summed E-state index contributed by atoms with van der Waals surface area (Å²) in [5, 5.41) is 3.51. The van der Waals surface area contributed by atoms with Crippen LogP contribution in [0.3, 0.4) is 0 Å². The number of nitrogens with one attached hydrogen (secondary N) is 1. The zero-order valence-electron chi connectivity index (χ0n) is 12.9. The van der Waals surface area contributed by atoms with Gasteiger partial charge < -0.3 is 14.6 Å². The molecule has 1 aromatic heterocycles. The maximum absolute atomic E-state index is 5.65. The molecule has 3 heteroatoms. The van der Waals surface area contributed by atoms with Gasteiger partial charge in [-0.25, -0.2) is 0 Å². The molecule has 0 saturated carbocycles. The van der Waals surface area contributed by atoms with Gasteiger partial charge in [-0.15, -0.1) is 0 Å². The van der Waals surface area contributed by atoms with E-state index in [1.165, 1.54) is 37.2 Å². The zero-order chi connectivity index (χ0) is 14.7. The summed E-state index contributed by atoms with van der Waals surface area (Å²) >= 11 is 0. The first-order chi connectivity index (χ1) is 10.2. The van der Waals surface area contributed by atoms with Crippen LogP contribution in [0.5, 0.6) is 0 Å². The van der Waals surface area contributed by atoms with Crippen molar-refractivity contribution in [1.82, 2.24) is 5.32 Å². The van der Waals surface area contributed by atoms with Crippen LogP contribution in [-0.2, 0) is 6.54 Å². The van der Waals surface area contributed by atoms with E-state index < -0.39 is 0 Å². The second-order valence-electron chi connectivity index (χ2n) is 5.91. The highest BCUT2D eigenvalue weighted by Crippen LogP contribution is 2.21. The van der Waals surface area contributed by atoms with Gasteiger partial charge in [0.25, 0.3) is 0 Å². The summed E-state index contributed by atoms with van der Waals surface area (Å²) in [4.78, 5) is 2.46. The molecule has 1 N–H and O–H groups in total. The van der Waals surface area contributed by atoms with Gasteiger partial charge in [-0.3, -0.25) is 0 Å². The minimum atomic E-state index is 0.233. The molecule has 0 aliphatic carbocycles. The molecule has 2 aromatic rings. The molecule has 1 aliphatic rings. The van der Waals surface area contributed by atoms with E-state index in [4.69, 9.17) is 4.42 Å². The smallest absolute Gasteiger partial charge is 0.120 e. The Morgan fingerprint density at radius 2 is 1.81 bits per heavy atom. The van der Waals surface area contributed by atoms with Gasteiger partial charge in [-0.2, -0.15) is 0 Å². The van der Waals surface area contributed by atoms with Gasteiger partial charge >= 0.3 is 0 Å². The third-order valence-electron chi connectivity index (χ3n) is 4.21. The highest BCUT2D eigenvalue weighted by atomic mass is 16.3. The minimum Gasteiger partial charge on any atom is -0.465 e. The molecule has 112 valence electrons. The topological polar surface area (TPSA) is 28.4 Å². The first kappa shape index (κ1) is 14.2. The van der Waals surface area contributed by atoms with Gasteiger partial charge in [0, 0.05) is 25.3 Å². The lowest BCUT2D eigenvalue weighted by molar-refractivity contribution is 0.416. The molecule has 1 aliphatic heterocycles. The number of benzene rings is 1. The molecule has 1 unspecified atom stereocenters. The molecular weight excluding hydrogens is 260 g/mol. The van der Waals surface area contributed by atoms with Crippen molar-refractivity contribution in [2.45, 2.75) is 39.3 Å². The van der Waals surface area contributed by atoms with Gasteiger partial charge in [0.2, 0.25) is 0 Å². The molecule has 1 fully saturated rings. The Hall–Kier alpha value is -1.74. The zero-order valence-corrected chi connectivity index (χ0v) is 12.9. The molecule has 0 bridgehead atoms. The summed E-state index contributed by atoms with van der Waals surface area (Å²) in [6.07, 6.45) is 2.65. The van der Waals surface area contributed by atoms with E-state index in [0.717, 1.165) is 18.1 Å². The maximum atomic E-state index is 5.65. The average Bonchev–Trinajstić information content (AvgIpc) is 3.16. The van der Waals surface area contributed by atoms with Gasteiger partial charge in [-0.05, 0) is 56.5 Å². The highest BCUT2D eigenvalue weighted by Gasteiger charge is 2.12. The first-order valence-corrected chi connectivity index (χ1v) is 7.86. The standard InChI is InChI=1S/C18H24N2O/c1-14-5-10-18(21-14)15(2)19-13-16-6-8-17(9-7-16)20-11-3-4-12-20/h5-10,15,19H,3-4,11-13H2,1-2H3. The van der Waals surface area contributed by atoms with E-state index >= 15 is 0 Å². The van der Waals surface area contributed by atoms with Crippen LogP contribution < -0.4 is 10.2 Å². The summed E-state index contributed by atoms with van der Waals surface area (Å²) in [5.41, 5.74) is 2.67. The van der Waals surface area contributed by atoms with Crippen molar-refractivity contribution in [2.24, 2.45) is 0 Å². The van der Waals surface area contributed by atoms with Gasteiger partial charge in [-0.1, -0.05) is 12.1 Å². The second kappa shape index (κ2) is 6.35. The molecule has 2 heterocycles. The summed E-state index contributed by atoms with van der Waals surface area (Å²) in [5.74, 6) is 1.97. The fraction of sp³-hybridized carbons (Fsp3) is 0.444. The number of rotatable bonds is 5. The average molecular weight is 284 g/mol. The quantitative estimate of drug-likeness (QED) is 0.898. The van der Waals surface area contributed by atoms with Crippen molar-refractivity contribution in [3.8, 4) is 0 Å². The van der Waals surface area contributed by atoms with E-state index in [0.29, 0.717) is 0 Å². The number of aryl methyl sites for hydroxylation is 1. The van der Waals surface area contributed by atoms with Crippen LogP contribution in [-0.4, -0.2) is 13.1 Å². The second-order valence-corrected chi connectivity index (χ2v) is 5.91. The Kier molecular flexibility index (Phi) is 4.30. The predicted octanol–water partition coefficient (Wildman–Crippen LogP) is 4.04. The van der Waals surface area contributed by atoms with Crippen LogP contribution >= 0.6 is 0 Å². The SMILES string of the molecule is Cc1ccc(C(C)NCc2ccc(N3CCCC3)cc2)o1. The Bertz CT molecular complexity index is 567. The highest BCUT2D eigenvalue weighted by molar-refractivity contribution is 5.48. The summed E-state index contributed by atoms with van der Waals surface area (Å²) in [6, 6.07) is 13.2. The Morgan fingerprint density at radius 3 is 2.43 bits per heavy atom. The number of hydrogen-bond donors (Lipinski definition) is 1. The third-order valence-corrected chi connectivity index (χ3v) is 4.21. The molecule has 1 atom stereocenters. The van der Waals surface area contributed by atoms with E-state index in [1.54, 1.807) is 0 Å². The molecule has 3 nitrogen and oxygen atoms in total. The number of anilines is 1. The van der Waals surface area contributed by atoms with Gasteiger partial charge in [0.05, 0.1) is 6.04 Å². The van der Waals surface area contributed by atoms with Gasteiger partial charge in [0.15, 0.2) is 0 Å². The summed E-state index contributed by atoms with van der Waals surface area (Å²) in [7, 11) is 0. The van der Waals surface area contributed by atoms with Crippen LogP contribution in [0.2, 0.25) is 0 Å². The largest absolute Gasteiger partial charge is 0.465 e. The van der Waals surface area contributed by atoms with Crippen molar-refractivity contribution in [1.29, 1.82) is 0 Å².